The molecule has 3 rings (SSSR count). The number of aromatic nitrogens is 2. The van der Waals surface area contributed by atoms with Crippen LogP contribution in [0.5, 0.6) is 5.75 Å². The number of aliphatic imine (C=N–C) groups is 1. The predicted molar refractivity (Wildman–Crippen MR) is 63.9 cm³/mol. The maximum Gasteiger partial charge on any atom is 0.136 e. The summed E-state index contributed by atoms with van der Waals surface area (Å²) in [7, 11) is 0. The maximum atomic E-state index is 13.3. The molecule has 0 saturated heterocycles. The molecule has 18 heavy (non-hydrogen) atoms. The molecular formula is C12H9FN4O. The van der Waals surface area contributed by atoms with Gasteiger partial charge in [-0.2, -0.15) is 0 Å². The number of rotatable bonds is 1. The molecule has 0 unspecified atom stereocenters. The zero-order valence-corrected chi connectivity index (χ0v) is 9.26. The highest BCUT2D eigenvalue weighted by Gasteiger charge is 2.22. The van der Waals surface area contributed by atoms with Gasteiger partial charge in [-0.05, 0) is 12.1 Å². The number of hydrogen-bond donors (Lipinski definition) is 2. The van der Waals surface area contributed by atoms with E-state index in [-0.39, 0.29) is 5.75 Å². The monoisotopic (exact) mass is 244 g/mol. The van der Waals surface area contributed by atoms with Crippen LogP contribution in [0.3, 0.4) is 0 Å². The molecule has 3 N–H and O–H groups in total. The van der Waals surface area contributed by atoms with E-state index in [1.807, 2.05) is 0 Å². The molecule has 1 aliphatic heterocycles. The molecule has 1 aliphatic rings. The third kappa shape index (κ3) is 1.58. The van der Waals surface area contributed by atoms with Crippen LogP contribution in [-0.4, -0.2) is 20.8 Å². The second kappa shape index (κ2) is 3.76. The Kier molecular flexibility index (Phi) is 2.22. The molecule has 2 aromatic rings. The van der Waals surface area contributed by atoms with E-state index in [9.17, 15) is 9.50 Å². The van der Waals surface area contributed by atoms with Crippen LogP contribution in [-0.2, 0) is 6.54 Å². The summed E-state index contributed by atoms with van der Waals surface area (Å²) in [6.07, 6.45) is 1.37. The van der Waals surface area contributed by atoms with Crippen LogP contribution in [0.4, 0.5) is 10.2 Å². The highest BCUT2D eigenvalue weighted by atomic mass is 19.1. The molecule has 0 atom stereocenters. The molecule has 0 fully saturated rings. The molecule has 5 nitrogen and oxygen atoms in total. The summed E-state index contributed by atoms with van der Waals surface area (Å²) in [6, 6.07) is 3.76. The normalized spacial score (nSPS) is 13.3. The summed E-state index contributed by atoms with van der Waals surface area (Å²) in [6.45, 7) is 0.384. The number of hydrogen-bond acceptors (Lipinski definition) is 5. The van der Waals surface area contributed by atoms with Crippen molar-refractivity contribution in [2.24, 2.45) is 4.99 Å². The van der Waals surface area contributed by atoms with Gasteiger partial charge in [0.1, 0.15) is 23.7 Å². The summed E-state index contributed by atoms with van der Waals surface area (Å²) in [5.41, 5.74) is 8.09. The van der Waals surface area contributed by atoms with E-state index in [1.54, 1.807) is 0 Å². The number of phenolic OH excluding ortho intramolecular Hbond substituents is 1. The number of phenols is 1. The van der Waals surface area contributed by atoms with E-state index in [4.69, 9.17) is 5.73 Å². The highest BCUT2D eigenvalue weighted by molar-refractivity contribution is 6.17. The van der Waals surface area contributed by atoms with Gasteiger partial charge >= 0.3 is 0 Å². The van der Waals surface area contributed by atoms with Gasteiger partial charge < -0.3 is 10.8 Å². The smallest absolute Gasteiger partial charge is 0.136 e. The highest BCUT2D eigenvalue weighted by Crippen LogP contribution is 2.26. The van der Waals surface area contributed by atoms with Crippen molar-refractivity contribution in [2.45, 2.75) is 6.54 Å². The minimum atomic E-state index is -0.531. The van der Waals surface area contributed by atoms with Crippen molar-refractivity contribution >= 4 is 11.5 Å². The van der Waals surface area contributed by atoms with Crippen molar-refractivity contribution in [2.75, 3.05) is 5.73 Å². The van der Waals surface area contributed by atoms with Gasteiger partial charge in [-0.1, -0.05) is 0 Å². The lowest BCUT2D eigenvalue weighted by Crippen LogP contribution is -2.08. The Morgan fingerprint density at radius 1 is 1.22 bits per heavy atom. The van der Waals surface area contributed by atoms with Crippen LogP contribution in [0, 0.1) is 5.82 Å². The van der Waals surface area contributed by atoms with Crippen molar-refractivity contribution in [1.29, 1.82) is 0 Å². The number of aromatic hydroxyl groups is 1. The molecule has 0 saturated carbocycles. The Balaban J connectivity index is 2.17. The molecule has 0 spiro atoms. The van der Waals surface area contributed by atoms with Crippen LogP contribution in [0.2, 0.25) is 0 Å². The number of nitrogen functional groups attached to an aromatic ring is 1. The molecule has 1 aromatic carbocycles. The van der Waals surface area contributed by atoms with Crippen LogP contribution >= 0.6 is 0 Å². The predicted octanol–water partition coefficient (Wildman–Crippen LogP) is 1.25. The molecule has 2 heterocycles. The largest absolute Gasteiger partial charge is 0.508 e. The molecule has 0 radical (unpaired) electrons. The van der Waals surface area contributed by atoms with Gasteiger partial charge in [-0.25, -0.2) is 14.4 Å². The van der Waals surface area contributed by atoms with Gasteiger partial charge in [-0.15, -0.1) is 0 Å². The van der Waals surface area contributed by atoms with Crippen molar-refractivity contribution in [3.63, 3.8) is 0 Å². The zero-order valence-electron chi connectivity index (χ0n) is 9.26. The van der Waals surface area contributed by atoms with Gasteiger partial charge in [0.05, 0.1) is 23.5 Å². The quantitative estimate of drug-likeness (QED) is 0.790. The molecular weight excluding hydrogens is 235 g/mol. The van der Waals surface area contributed by atoms with E-state index in [0.717, 1.165) is 6.07 Å². The summed E-state index contributed by atoms with van der Waals surface area (Å²) < 4.78 is 13.3. The van der Waals surface area contributed by atoms with Gasteiger partial charge in [0, 0.05) is 11.6 Å². The molecule has 0 amide bonds. The maximum absolute atomic E-state index is 13.3. The first kappa shape index (κ1) is 10.6. The van der Waals surface area contributed by atoms with Crippen molar-refractivity contribution in [1.82, 2.24) is 9.97 Å². The Morgan fingerprint density at radius 3 is 2.83 bits per heavy atom. The summed E-state index contributed by atoms with van der Waals surface area (Å²) >= 11 is 0. The topological polar surface area (TPSA) is 84.4 Å². The Morgan fingerprint density at radius 2 is 2.06 bits per heavy atom. The average Bonchev–Trinajstić information content (AvgIpc) is 2.73. The fourth-order valence-electron chi connectivity index (χ4n) is 2.00. The summed E-state index contributed by atoms with van der Waals surface area (Å²) in [5.74, 6) is -0.381. The van der Waals surface area contributed by atoms with E-state index in [0.29, 0.717) is 34.9 Å². The average molecular weight is 244 g/mol. The molecule has 1 aromatic heterocycles. The first-order valence-electron chi connectivity index (χ1n) is 5.29. The van der Waals surface area contributed by atoms with Crippen molar-refractivity contribution in [3.05, 3.63) is 47.2 Å². The molecule has 6 heteroatoms. The summed E-state index contributed by atoms with van der Waals surface area (Å²) in [5, 5.41) is 9.41. The summed E-state index contributed by atoms with van der Waals surface area (Å²) in [4.78, 5) is 12.3. The standard InChI is InChI=1S/C12H9FN4O/c13-7-1-6(2-8(18)3-7)11-10-9(4-15-11)16-5-17-12(10)14/h1-3,5,18H,4H2,(H2,14,16,17). The lowest BCUT2D eigenvalue weighted by molar-refractivity contribution is 0.469. The van der Waals surface area contributed by atoms with Gasteiger partial charge in [0.25, 0.3) is 0 Å². The lowest BCUT2D eigenvalue weighted by atomic mass is 10.0. The number of fused-ring (bicyclic) bond motifs is 1. The van der Waals surface area contributed by atoms with Crippen molar-refractivity contribution < 1.29 is 9.50 Å². The minimum absolute atomic E-state index is 0.156. The molecule has 0 aliphatic carbocycles. The fourth-order valence-corrected chi connectivity index (χ4v) is 2.00. The first-order valence-corrected chi connectivity index (χ1v) is 5.29. The zero-order chi connectivity index (χ0) is 12.7. The Hall–Kier alpha value is -2.50. The third-order valence-corrected chi connectivity index (χ3v) is 2.73. The van der Waals surface area contributed by atoms with Gasteiger partial charge in [0.15, 0.2) is 0 Å². The number of anilines is 1. The number of nitrogens with zero attached hydrogens (tertiary/aromatic N) is 3. The third-order valence-electron chi connectivity index (χ3n) is 2.73. The molecule has 0 bridgehead atoms. The van der Waals surface area contributed by atoms with Crippen molar-refractivity contribution in [3.8, 4) is 5.75 Å². The molecule has 90 valence electrons. The van der Waals surface area contributed by atoms with E-state index < -0.39 is 5.82 Å². The second-order valence-corrected chi connectivity index (χ2v) is 3.94. The first-order chi connectivity index (χ1) is 8.65. The van der Waals surface area contributed by atoms with E-state index >= 15 is 0 Å². The van der Waals surface area contributed by atoms with Crippen LogP contribution in [0.15, 0.2) is 29.5 Å². The van der Waals surface area contributed by atoms with Crippen LogP contribution in [0.25, 0.3) is 0 Å². The Bertz CT molecular complexity index is 649. The number of halogens is 1. The SMILES string of the molecule is Nc1ncnc2c1C(c1cc(O)cc(F)c1)=NC2. The van der Waals surface area contributed by atoms with Crippen LogP contribution < -0.4 is 5.73 Å². The lowest BCUT2D eigenvalue weighted by Gasteiger charge is -2.06. The fraction of sp³-hybridized carbons (Fsp3) is 0.0833. The van der Waals surface area contributed by atoms with E-state index in [1.165, 1.54) is 18.5 Å². The Labute approximate surface area is 102 Å². The van der Waals surface area contributed by atoms with E-state index in [2.05, 4.69) is 15.0 Å². The van der Waals surface area contributed by atoms with Gasteiger partial charge in [-0.3, -0.25) is 4.99 Å². The minimum Gasteiger partial charge on any atom is -0.508 e. The number of nitrogens with two attached hydrogens (primary N) is 1. The van der Waals surface area contributed by atoms with Crippen LogP contribution in [0.1, 0.15) is 16.8 Å². The second-order valence-electron chi connectivity index (χ2n) is 3.94. The number of benzene rings is 1. The van der Waals surface area contributed by atoms with Gasteiger partial charge in [0.2, 0.25) is 0 Å².